The van der Waals surface area contributed by atoms with Crippen molar-refractivity contribution in [1.82, 2.24) is 0 Å². The molecule has 14 heavy (non-hydrogen) atoms. The fraction of sp³-hybridized carbons (Fsp3) is 0.583. The summed E-state index contributed by atoms with van der Waals surface area (Å²) >= 11 is 0. The quantitative estimate of drug-likeness (QED) is 0.300. The van der Waals surface area contributed by atoms with Crippen LogP contribution in [-0.2, 0) is 0 Å². The number of nitrogens with zero attached hydrogens (tertiary/aromatic N) is 1. The van der Waals surface area contributed by atoms with Gasteiger partial charge in [0.2, 0.25) is 0 Å². The van der Waals surface area contributed by atoms with Crippen molar-refractivity contribution >= 4 is 5.84 Å². The van der Waals surface area contributed by atoms with Crippen LogP contribution in [-0.4, -0.2) is 12.4 Å². The Labute approximate surface area is 87.6 Å². The number of amidine groups is 1. The summed E-state index contributed by atoms with van der Waals surface area (Å²) in [5, 5.41) is 0. The Kier molecular flexibility index (Phi) is 6.81. The first-order valence-corrected chi connectivity index (χ1v) is 5.16. The lowest BCUT2D eigenvalue weighted by atomic mass is 9.99. The van der Waals surface area contributed by atoms with Crippen LogP contribution in [0.15, 0.2) is 29.3 Å². The van der Waals surface area contributed by atoms with Gasteiger partial charge in [0.1, 0.15) is 5.84 Å². The molecule has 0 aromatic carbocycles. The van der Waals surface area contributed by atoms with Crippen LogP contribution in [0, 0.1) is 5.92 Å². The minimum Gasteiger partial charge on any atom is -0.384 e. The lowest BCUT2D eigenvalue weighted by Crippen LogP contribution is -2.08. The second-order valence-corrected chi connectivity index (χ2v) is 3.70. The number of nitrogens with two attached hydrogens (primary N) is 1. The molecule has 0 fully saturated rings. The number of allylic oxidation sites excluding steroid dienone is 2. The smallest absolute Gasteiger partial charge is 0.117 e. The molecular formula is C12H22N2. The maximum Gasteiger partial charge on any atom is 0.117 e. The molecule has 0 spiro atoms. The van der Waals surface area contributed by atoms with Crippen molar-refractivity contribution in [2.75, 3.05) is 6.54 Å². The summed E-state index contributed by atoms with van der Waals surface area (Å²) in [5.74, 6) is 1.21. The Morgan fingerprint density at radius 1 is 1.57 bits per heavy atom. The van der Waals surface area contributed by atoms with E-state index in [9.17, 15) is 0 Å². The standard InChI is InChI=1S/C12H22N2/c1-5-7-12(13)14-9-6-8-11(4)10(2)3/h5,7,11H,2,6,8-9H2,1,3-4H3,(H2,13,14)/b7-5+. The van der Waals surface area contributed by atoms with Crippen molar-refractivity contribution in [3.63, 3.8) is 0 Å². The van der Waals surface area contributed by atoms with E-state index in [0.717, 1.165) is 19.4 Å². The highest BCUT2D eigenvalue weighted by atomic mass is 14.8. The Hall–Kier alpha value is -1.05. The van der Waals surface area contributed by atoms with Crippen LogP contribution >= 0.6 is 0 Å². The summed E-state index contributed by atoms with van der Waals surface area (Å²) in [6.45, 7) is 10.9. The molecule has 0 aromatic rings. The lowest BCUT2D eigenvalue weighted by molar-refractivity contribution is 0.587. The van der Waals surface area contributed by atoms with Gasteiger partial charge in [-0.2, -0.15) is 0 Å². The monoisotopic (exact) mass is 194 g/mol. The van der Waals surface area contributed by atoms with Gasteiger partial charge in [0.15, 0.2) is 0 Å². The molecule has 2 nitrogen and oxygen atoms in total. The van der Waals surface area contributed by atoms with Crippen molar-refractivity contribution < 1.29 is 0 Å². The van der Waals surface area contributed by atoms with Crippen molar-refractivity contribution in [1.29, 1.82) is 0 Å². The summed E-state index contributed by atoms with van der Waals surface area (Å²) in [6, 6.07) is 0. The molecule has 0 saturated carbocycles. The topological polar surface area (TPSA) is 38.4 Å². The predicted molar refractivity (Wildman–Crippen MR) is 64.5 cm³/mol. The van der Waals surface area contributed by atoms with Gasteiger partial charge < -0.3 is 5.73 Å². The van der Waals surface area contributed by atoms with Gasteiger partial charge >= 0.3 is 0 Å². The highest BCUT2D eigenvalue weighted by molar-refractivity contribution is 5.91. The van der Waals surface area contributed by atoms with Gasteiger partial charge in [-0.15, -0.1) is 0 Å². The third-order valence-electron chi connectivity index (χ3n) is 2.27. The van der Waals surface area contributed by atoms with E-state index in [1.807, 2.05) is 19.1 Å². The van der Waals surface area contributed by atoms with Gasteiger partial charge in [-0.25, -0.2) is 0 Å². The van der Waals surface area contributed by atoms with E-state index >= 15 is 0 Å². The summed E-state index contributed by atoms with van der Waals surface area (Å²) in [5.41, 5.74) is 6.85. The van der Waals surface area contributed by atoms with Crippen LogP contribution in [0.5, 0.6) is 0 Å². The van der Waals surface area contributed by atoms with Gasteiger partial charge in [0.05, 0.1) is 0 Å². The van der Waals surface area contributed by atoms with E-state index in [-0.39, 0.29) is 0 Å². The number of hydrogen-bond donors (Lipinski definition) is 1. The fourth-order valence-electron chi connectivity index (χ4n) is 1.08. The molecule has 0 saturated heterocycles. The summed E-state index contributed by atoms with van der Waals surface area (Å²) in [6.07, 6.45) is 5.94. The van der Waals surface area contributed by atoms with E-state index in [1.54, 1.807) is 0 Å². The molecule has 2 N–H and O–H groups in total. The number of hydrogen-bond acceptors (Lipinski definition) is 1. The van der Waals surface area contributed by atoms with E-state index in [1.165, 1.54) is 5.57 Å². The Morgan fingerprint density at radius 2 is 2.21 bits per heavy atom. The van der Waals surface area contributed by atoms with Gasteiger partial charge in [0.25, 0.3) is 0 Å². The van der Waals surface area contributed by atoms with Gasteiger partial charge in [-0.1, -0.05) is 25.2 Å². The average molecular weight is 194 g/mol. The molecule has 1 atom stereocenters. The molecule has 2 heteroatoms. The molecule has 0 amide bonds. The van der Waals surface area contributed by atoms with E-state index in [0.29, 0.717) is 11.8 Å². The molecule has 0 aliphatic rings. The van der Waals surface area contributed by atoms with Crippen LogP contribution in [0.2, 0.25) is 0 Å². The molecule has 0 aliphatic heterocycles. The third-order valence-corrected chi connectivity index (χ3v) is 2.27. The van der Waals surface area contributed by atoms with Crippen LogP contribution < -0.4 is 5.73 Å². The van der Waals surface area contributed by atoms with Crippen LogP contribution in [0.3, 0.4) is 0 Å². The van der Waals surface area contributed by atoms with Crippen molar-refractivity contribution in [2.24, 2.45) is 16.6 Å². The summed E-state index contributed by atoms with van der Waals surface area (Å²) in [7, 11) is 0. The minimum atomic E-state index is 0.591. The Bertz CT molecular complexity index is 226. The zero-order chi connectivity index (χ0) is 11.0. The van der Waals surface area contributed by atoms with Crippen molar-refractivity contribution in [2.45, 2.75) is 33.6 Å². The highest BCUT2D eigenvalue weighted by Gasteiger charge is 2.00. The normalized spacial score (nSPS) is 14.6. The fourth-order valence-corrected chi connectivity index (χ4v) is 1.08. The second-order valence-electron chi connectivity index (χ2n) is 3.70. The van der Waals surface area contributed by atoms with E-state index in [4.69, 9.17) is 5.73 Å². The van der Waals surface area contributed by atoms with Crippen LogP contribution in [0.4, 0.5) is 0 Å². The molecule has 80 valence electrons. The SMILES string of the molecule is C=C(C)C(C)CCCN=C(N)/C=C/C. The molecule has 0 heterocycles. The molecule has 0 radical (unpaired) electrons. The van der Waals surface area contributed by atoms with E-state index < -0.39 is 0 Å². The van der Waals surface area contributed by atoms with Gasteiger partial charge in [0, 0.05) is 6.54 Å². The summed E-state index contributed by atoms with van der Waals surface area (Å²) < 4.78 is 0. The zero-order valence-electron chi connectivity index (χ0n) is 9.59. The predicted octanol–water partition coefficient (Wildman–Crippen LogP) is 2.91. The second kappa shape index (κ2) is 7.36. The molecule has 1 unspecified atom stereocenters. The third kappa shape index (κ3) is 6.46. The first-order chi connectivity index (χ1) is 6.57. The Morgan fingerprint density at radius 3 is 2.71 bits per heavy atom. The maximum absolute atomic E-state index is 5.61. The average Bonchev–Trinajstić information content (AvgIpc) is 2.12. The lowest BCUT2D eigenvalue weighted by Gasteiger charge is -2.08. The molecule has 0 bridgehead atoms. The first kappa shape index (κ1) is 12.9. The highest BCUT2D eigenvalue weighted by Crippen LogP contribution is 2.13. The molecular weight excluding hydrogens is 172 g/mol. The van der Waals surface area contributed by atoms with Gasteiger partial charge in [-0.05, 0) is 38.7 Å². The van der Waals surface area contributed by atoms with E-state index in [2.05, 4.69) is 25.4 Å². The zero-order valence-corrected chi connectivity index (χ0v) is 9.59. The van der Waals surface area contributed by atoms with Crippen molar-refractivity contribution in [3.05, 3.63) is 24.3 Å². The number of aliphatic imine (C=N–C) groups is 1. The summed E-state index contributed by atoms with van der Waals surface area (Å²) in [4.78, 5) is 4.22. The first-order valence-electron chi connectivity index (χ1n) is 5.16. The molecule has 0 aliphatic carbocycles. The molecule has 0 rings (SSSR count). The maximum atomic E-state index is 5.61. The van der Waals surface area contributed by atoms with Gasteiger partial charge in [-0.3, -0.25) is 4.99 Å². The van der Waals surface area contributed by atoms with Crippen LogP contribution in [0.25, 0.3) is 0 Å². The largest absolute Gasteiger partial charge is 0.384 e. The minimum absolute atomic E-state index is 0.591. The Balaban J connectivity index is 3.65. The molecule has 0 aromatic heterocycles. The van der Waals surface area contributed by atoms with Crippen molar-refractivity contribution in [3.8, 4) is 0 Å². The van der Waals surface area contributed by atoms with Crippen LogP contribution in [0.1, 0.15) is 33.6 Å². The number of rotatable bonds is 6.